The highest BCUT2D eigenvalue weighted by Gasteiger charge is 2.08. The van der Waals surface area contributed by atoms with Gasteiger partial charge in [-0.3, -0.25) is 0 Å². The molecule has 6 heteroatoms. The van der Waals surface area contributed by atoms with Gasteiger partial charge in [-0.1, -0.05) is 0 Å². The SMILES string of the molecule is Cc1cc(C)n(-c2ncc(C#N)c(N)n2)n1. The van der Waals surface area contributed by atoms with E-state index in [-0.39, 0.29) is 11.4 Å². The number of anilines is 1. The normalized spacial score (nSPS) is 10.1. The molecular formula is C10H10N6. The molecule has 0 unspecified atom stereocenters. The molecule has 80 valence electrons. The summed E-state index contributed by atoms with van der Waals surface area (Å²) in [4.78, 5) is 8.07. The van der Waals surface area contributed by atoms with E-state index in [2.05, 4.69) is 15.1 Å². The summed E-state index contributed by atoms with van der Waals surface area (Å²) >= 11 is 0. The van der Waals surface area contributed by atoms with Crippen molar-refractivity contribution in [3.63, 3.8) is 0 Å². The fraction of sp³-hybridized carbons (Fsp3) is 0.200. The van der Waals surface area contributed by atoms with E-state index in [0.29, 0.717) is 5.95 Å². The number of nitrogens with zero attached hydrogens (tertiary/aromatic N) is 5. The predicted octanol–water partition coefficient (Wildman–Crippen LogP) is 0.733. The van der Waals surface area contributed by atoms with Crippen LogP contribution in [0.1, 0.15) is 17.0 Å². The van der Waals surface area contributed by atoms with Crippen LogP contribution < -0.4 is 5.73 Å². The highest BCUT2D eigenvalue weighted by atomic mass is 15.4. The summed E-state index contributed by atoms with van der Waals surface area (Å²) in [5.41, 5.74) is 7.68. The first kappa shape index (κ1) is 10.1. The van der Waals surface area contributed by atoms with Crippen LogP contribution in [0.3, 0.4) is 0 Å². The first-order valence-corrected chi connectivity index (χ1v) is 4.68. The largest absolute Gasteiger partial charge is 0.382 e. The van der Waals surface area contributed by atoms with Crippen molar-refractivity contribution in [2.45, 2.75) is 13.8 Å². The highest BCUT2D eigenvalue weighted by Crippen LogP contribution is 2.11. The van der Waals surface area contributed by atoms with Crippen molar-refractivity contribution in [1.29, 1.82) is 5.26 Å². The molecule has 0 amide bonds. The molecule has 0 radical (unpaired) electrons. The van der Waals surface area contributed by atoms with Crippen molar-refractivity contribution < 1.29 is 0 Å². The lowest BCUT2D eigenvalue weighted by molar-refractivity contribution is 0.775. The lowest BCUT2D eigenvalue weighted by atomic mass is 10.3. The topological polar surface area (TPSA) is 93.4 Å². The van der Waals surface area contributed by atoms with E-state index in [1.54, 1.807) is 4.68 Å². The van der Waals surface area contributed by atoms with Crippen LogP contribution in [-0.4, -0.2) is 19.7 Å². The van der Waals surface area contributed by atoms with Crippen molar-refractivity contribution in [3.05, 3.63) is 29.2 Å². The first-order valence-electron chi connectivity index (χ1n) is 4.68. The number of hydrogen-bond donors (Lipinski definition) is 1. The van der Waals surface area contributed by atoms with Gasteiger partial charge in [-0.2, -0.15) is 15.3 Å². The second-order valence-electron chi connectivity index (χ2n) is 3.42. The van der Waals surface area contributed by atoms with Crippen molar-refractivity contribution in [1.82, 2.24) is 19.7 Å². The highest BCUT2D eigenvalue weighted by molar-refractivity contribution is 5.47. The predicted molar refractivity (Wildman–Crippen MR) is 57.8 cm³/mol. The lowest BCUT2D eigenvalue weighted by Gasteiger charge is -2.03. The summed E-state index contributed by atoms with van der Waals surface area (Å²) in [5.74, 6) is 0.544. The van der Waals surface area contributed by atoms with Crippen molar-refractivity contribution >= 4 is 5.82 Å². The average Bonchev–Trinajstić information content (AvgIpc) is 2.58. The van der Waals surface area contributed by atoms with Gasteiger partial charge in [-0.05, 0) is 19.9 Å². The molecule has 0 aliphatic carbocycles. The van der Waals surface area contributed by atoms with Gasteiger partial charge in [0, 0.05) is 5.69 Å². The van der Waals surface area contributed by atoms with Crippen LogP contribution in [0.25, 0.3) is 5.95 Å². The third kappa shape index (κ3) is 1.59. The maximum atomic E-state index is 8.71. The molecule has 6 nitrogen and oxygen atoms in total. The standard InChI is InChI=1S/C10H10N6/c1-6-3-7(2)16(15-6)10-13-5-8(4-11)9(12)14-10/h3,5H,1-2H3,(H2,12,13,14). The van der Waals surface area contributed by atoms with Crippen molar-refractivity contribution in [3.8, 4) is 12.0 Å². The zero-order chi connectivity index (χ0) is 11.7. The Morgan fingerprint density at radius 2 is 2.19 bits per heavy atom. The molecule has 0 saturated carbocycles. The quantitative estimate of drug-likeness (QED) is 0.755. The fourth-order valence-electron chi connectivity index (χ4n) is 1.40. The van der Waals surface area contributed by atoms with Gasteiger partial charge in [0.25, 0.3) is 5.95 Å². The molecule has 0 fully saturated rings. The van der Waals surface area contributed by atoms with E-state index in [9.17, 15) is 0 Å². The van der Waals surface area contributed by atoms with Gasteiger partial charge in [0.15, 0.2) is 0 Å². The Bertz CT molecular complexity index is 577. The summed E-state index contributed by atoms with van der Waals surface area (Å²) in [6, 6.07) is 3.83. The van der Waals surface area contributed by atoms with E-state index < -0.39 is 0 Å². The van der Waals surface area contributed by atoms with Gasteiger partial charge in [-0.15, -0.1) is 0 Å². The van der Waals surface area contributed by atoms with Crippen molar-refractivity contribution in [2.75, 3.05) is 5.73 Å². The van der Waals surface area contributed by atoms with Crippen molar-refractivity contribution in [2.24, 2.45) is 0 Å². The van der Waals surface area contributed by atoms with Crippen LogP contribution in [0.2, 0.25) is 0 Å². The van der Waals surface area contributed by atoms with Gasteiger partial charge in [0.1, 0.15) is 17.5 Å². The van der Waals surface area contributed by atoms with E-state index >= 15 is 0 Å². The molecule has 2 aromatic rings. The maximum absolute atomic E-state index is 8.71. The lowest BCUT2D eigenvalue weighted by Crippen LogP contribution is -2.07. The molecule has 2 rings (SSSR count). The first-order chi connectivity index (χ1) is 7.61. The number of nitrogen functional groups attached to an aromatic ring is 1. The van der Waals surface area contributed by atoms with Crippen LogP contribution >= 0.6 is 0 Å². The summed E-state index contributed by atoms with van der Waals surface area (Å²) in [5, 5.41) is 12.9. The molecule has 0 atom stereocenters. The minimum Gasteiger partial charge on any atom is -0.382 e. The molecule has 0 aliphatic rings. The summed E-state index contributed by atoms with van der Waals surface area (Å²) in [7, 11) is 0. The smallest absolute Gasteiger partial charge is 0.252 e. The Hall–Kier alpha value is -2.42. The third-order valence-electron chi connectivity index (χ3n) is 2.13. The summed E-state index contributed by atoms with van der Waals surface area (Å²) < 4.78 is 1.59. The van der Waals surface area contributed by atoms with Gasteiger partial charge < -0.3 is 5.73 Å². The number of rotatable bonds is 1. The number of nitriles is 1. The minimum atomic E-state index is 0.167. The summed E-state index contributed by atoms with van der Waals surface area (Å²) in [6.45, 7) is 3.79. The molecular weight excluding hydrogens is 204 g/mol. The van der Waals surface area contributed by atoms with Crippen LogP contribution in [-0.2, 0) is 0 Å². The Morgan fingerprint density at radius 1 is 1.44 bits per heavy atom. The van der Waals surface area contributed by atoms with Gasteiger partial charge in [0.05, 0.1) is 11.9 Å². The van der Waals surface area contributed by atoms with E-state index in [1.165, 1.54) is 6.20 Å². The van der Waals surface area contributed by atoms with Gasteiger partial charge in [0.2, 0.25) is 0 Å². The van der Waals surface area contributed by atoms with Crippen LogP contribution in [0.15, 0.2) is 12.3 Å². The Labute approximate surface area is 92.4 Å². The molecule has 2 N–H and O–H groups in total. The van der Waals surface area contributed by atoms with E-state index in [0.717, 1.165) is 11.4 Å². The molecule has 0 spiro atoms. The molecule has 2 aromatic heterocycles. The molecule has 0 saturated heterocycles. The number of nitrogens with two attached hydrogens (primary N) is 1. The zero-order valence-electron chi connectivity index (χ0n) is 8.97. The number of aromatic nitrogens is 4. The average molecular weight is 214 g/mol. The van der Waals surface area contributed by atoms with Crippen LogP contribution in [0, 0.1) is 25.2 Å². The number of aryl methyl sites for hydroxylation is 2. The molecule has 16 heavy (non-hydrogen) atoms. The molecule has 2 heterocycles. The fourth-order valence-corrected chi connectivity index (χ4v) is 1.40. The van der Waals surface area contributed by atoms with Gasteiger partial charge in [-0.25, -0.2) is 9.67 Å². The van der Waals surface area contributed by atoms with Crippen LogP contribution in [0.4, 0.5) is 5.82 Å². The summed E-state index contributed by atoms with van der Waals surface area (Å²) in [6.07, 6.45) is 1.40. The van der Waals surface area contributed by atoms with E-state index in [4.69, 9.17) is 11.0 Å². The second-order valence-corrected chi connectivity index (χ2v) is 3.42. The van der Waals surface area contributed by atoms with Gasteiger partial charge >= 0.3 is 0 Å². The third-order valence-corrected chi connectivity index (χ3v) is 2.13. The Kier molecular flexibility index (Phi) is 2.29. The molecule has 0 bridgehead atoms. The maximum Gasteiger partial charge on any atom is 0.252 e. The monoisotopic (exact) mass is 214 g/mol. The van der Waals surface area contributed by atoms with Crippen LogP contribution in [0.5, 0.6) is 0 Å². The second kappa shape index (κ2) is 3.62. The zero-order valence-corrected chi connectivity index (χ0v) is 8.97. The Morgan fingerprint density at radius 3 is 2.69 bits per heavy atom. The minimum absolute atomic E-state index is 0.167. The Balaban J connectivity index is 2.54. The van der Waals surface area contributed by atoms with E-state index in [1.807, 2.05) is 26.0 Å². The number of hydrogen-bond acceptors (Lipinski definition) is 5. The molecule has 0 aliphatic heterocycles. The molecule has 0 aromatic carbocycles.